The highest BCUT2D eigenvalue weighted by Crippen LogP contribution is 2.30. The molecule has 1 aromatic heterocycles. The van der Waals surface area contributed by atoms with Crippen LogP contribution >= 0.6 is 0 Å². The molecule has 2 heterocycles. The maximum absolute atomic E-state index is 15.2. The number of anilines is 1. The third-order valence-corrected chi connectivity index (χ3v) is 7.13. The van der Waals surface area contributed by atoms with E-state index in [9.17, 15) is 4.79 Å². The summed E-state index contributed by atoms with van der Waals surface area (Å²) in [5.74, 6) is 0.947. The number of carbonyl (C=O) groups is 1. The van der Waals surface area contributed by atoms with E-state index in [0.717, 1.165) is 12.0 Å². The Morgan fingerprint density at radius 2 is 1.75 bits per heavy atom. The molecule has 0 N–H and O–H groups in total. The molecule has 36 heavy (non-hydrogen) atoms. The summed E-state index contributed by atoms with van der Waals surface area (Å²) in [6.07, 6.45) is 0.895. The molecule has 1 fully saturated rings. The molecule has 1 saturated heterocycles. The fourth-order valence-electron chi connectivity index (χ4n) is 4.70. The first-order chi connectivity index (χ1) is 17.5. The van der Waals surface area contributed by atoms with Crippen molar-refractivity contribution in [2.75, 3.05) is 44.2 Å². The number of hydrogen-bond acceptors (Lipinski definition) is 6. The van der Waals surface area contributed by atoms with Crippen molar-refractivity contribution in [1.29, 1.82) is 0 Å². The summed E-state index contributed by atoms with van der Waals surface area (Å²) < 4.78 is 20.5. The highest BCUT2D eigenvalue weighted by Gasteiger charge is 2.33. The van der Waals surface area contributed by atoms with Crippen LogP contribution in [0, 0.1) is 5.82 Å². The van der Waals surface area contributed by atoms with Crippen LogP contribution in [0.3, 0.4) is 0 Å². The van der Waals surface area contributed by atoms with E-state index in [0.29, 0.717) is 62.2 Å². The van der Waals surface area contributed by atoms with Gasteiger partial charge in [0.1, 0.15) is 11.9 Å². The highest BCUT2D eigenvalue weighted by atomic mass is 19.1. The van der Waals surface area contributed by atoms with Crippen molar-refractivity contribution in [3.8, 4) is 11.4 Å². The molecule has 0 aliphatic carbocycles. The zero-order valence-corrected chi connectivity index (χ0v) is 21.7. The number of rotatable bonds is 9. The van der Waals surface area contributed by atoms with E-state index in [4.69, 9.17) is 4.52 Å². The standard InChI is InChI=1S/C28H36FN5O2/c1-5-20(4)27-30-26(31-36-27)22-13-14-24(23(29)19-22)33-15-17-34(18-16-33)25(21-11-9-8-10-12-21)28(35)32(6-2)7-3/h8-14,19-20,25H,5-7,15-18H2,1-4H3/t20-,25?/m0/s1. The molecule has 0 radical (unpaired) electrons. The first-order valence-corrected chi connectivity index (χ1v) is 12.9. The zero-order chi connectivity index (χ0) is 25.7. The molecule has 1 unspecified atom stereocenters. The van der Waals surface area contributed by atoms with Gasteiger partial charge in [-0.2, -0.15) is 4.98 Å². The van der Waals surface area contributed by atoms with Crippen LogP contribution < -0.4 is 4.90 Å². The zero-order valence-electron chi connectivity index (χ0n) is 21.7. The van der Waals surface area contributed by atoms with Crippen LogP contribution in [0.25, 0.3) is 11.4 Å². The van der Waals surface area contributed by atoms with Crippen LogP contribution in [-0.4, -0.2) is 65.1 Å². The van der Waals surface area contributed by atoms with Crippen molar-refractivity contribution in [1.82, 2.24) is 19.9 Å². The van der Waals surface area contributed by atoms with Crippen molar-refractivity contribution >= 4 is 11.6 Å². The fourth-order valence-corrected chi connectivity index (χ4v) is 4.70. The Kier molecular flexibility index (Phi) is 8.36. The molecule has 3 aromatic rings. The monoisotopic (exact) mass is 493 g/mol. The number of piperazine rings is 1. The summed E-state index contributed by atoms with van der Waals surface area (Å²) in [6.45, 7) is 12.0. The number of nitrogens with zero attached hydrogens (tertiary/aromatic N) is 5. The van der Waals surface area contributed by atoms with Crippen LogP contribution in [0.15, 0.2) is 53.1 Å². The maximum atomic E-state index is 15.2. The molecule has 8 heteroatoms. The van der Waals surface area contributed by atoms with E-state index in [1.54, 1.807) is 6.07 Å². The topological polar surface area (TPSA) is 65.7 Å². The number of carbonyl (C=O) groups excluding carboxylic acids is 1. The highest BCUT2D eigenvalue weighted by molar-refractivity contribution is 5.83. The second kappa shape index (κ2) is 11.6. The van der Waals surface area contributed by atoms with E-state index in [2.05, 4.69) is 22.0 Å². The van der Waals surface area contributed by atoms with Gasteiger partial charge in [0, 0.05) is 50.7 Å². The summed E-state index contributed by atoms with van der Waals surface area (Å²) in [5.41, 5.74) is 2.15. The van der Waals surface area contributed by atoms with Gasteiger partial charge in [0.25, 0.3) is 0 Å². The molecule has 2 atom stereocenters. The maximum Gasteiger partial charge on any atom is 0.244 e. The Labute approximate surface area is 212 Å². The van der Waals surface area contributed by atoms with Gasteiger partial charge in [-0.3, -0.25) is 9.69 Å². The molecule has 0 bridgehead atoms. The van der Waals surface area contributed by atoms with Crippen molar-refractivity contribution < 1.29 is 13.7 Å². The second-order valence-electron chi connectivity index (χ2n) is 9.28. The Bertz CT molecular complexity index is 1140. The average Bonchev–Trinajstić information content (AvgIpc) is 3.41. The molecule has 0 saturated carbocycles. The van der Waals surface area contributed by atoms with Crippen molar-refractivity contribution in [2.45, 2.75) is 46.1 Å². The lowest BCUT2D eigenvalue weighted by Crippen LogP contribution is -2.51. The van der Waals surface area contributed by atoms with Gasteiger partial charge in [-0.25, -0.2) is 4.39 Å². The van der Waals surface area contributed by atoms with Crippen LogP contribution in [-0.2, 0) is 4.79 Å². The summed E-state index contributed by atoms with van der Waals surface area (Å²) in [5, 5.41) is 4.03. The SMILES string of the molecule is CC[C@H](C)c1nc(-c2ccc(N3CCN(C(C(=O)N(CC)CC)c4ccccc4)CC3)c(F)c2)no1. The lowest BCUT2D eigenvalue weighted by molar-refractivity contribution is -0.137. The molecule has 192 valence electrons. The molecule has 7 nitrogen and oxygen atoms in total. The predicted octanol–water partition coefficient (Wildman–Crippen LogP) is 5.12. The van der Waals surface area contributed by atoms with Gasteiger partial charge in [-0.1, -0.05) is 49.3 Å². The van der Waals surface area contributed by atoms with E-state index in [-0.39, 0.29) is 23.7 Å². The van der Waals surface area contributed by atoms with Crippen LogP contribution in [0.5, 0.6) is 0 Å². The van der Waals surface area contributed by atoms with Crippen LogP contribution in [0.1, 0.15) is 57.5 Å². The molecule has 4 rings (SSSR count). The normalized spacial score (nSPS) is 16.1. The molecule has 2 aromatic carbocycles. The first kappa shape index (κ1) is 25.8. The average molecular weight is 494 g/mol. The van der Waals surface area contributed by atoms with E-state index in [1.165, 1.54) is 6.07 Å². The van der Waals surface area contributed by atoms with Gasteiger partial charge in [0.05, 0.1) is 5.69 Å². The second-order valence-corrected chi connectivity index (χ2v) is 9.28. The number of amides is 1. The van der Waals surface area contributed by atoms with Crippen molar-refractivity contribution in [2.24, 2.45) is 0 Å². The lowest BCUT2D eigenvalue weighted by Gasteiger charge is -2.41. The van der Waals surface area contributed by atoms with Gasteiger partial charge >= 0.3 is 0 Å². The summed E-state index contributed by atoms with van der Waals surface area (Å²) in [6, 6.07) is 14.7. The minimum absolute atomic E-state index is 0.118. The lowest BCUT2D eigenvalue weighted by atomic mass is 10.0. The number of halogens is 1. The van der Waals surface area contributed by atoms with E-state index < -0.39 is 0 Å². The Hall–Kier alpha value is -3.26. The van der Waals surface area contributed by atoms with E-state index in [1.807, 2.05) is 67.0 Å². The van der Waals surface area contributed by atoms with Crippen molar-refractivity contribution in [3.63, 3.8) is 0 Å². The fraction of sp³-hybridized carbons (Fsp3) is 0.464. The quantitative estimate of drug-likeness (QED) is 0.412. The van der Waals surface area contributed by atoms with Gasteiger partial charge in [-0.15, -0.1) is 0 Å². The third kappa shape index (κ3) is 5.43. The van der Waals surface area contributed by atoms with Crippen LogP contribution in [0.2, 0.25) is 0 Å². The minimum Gasteiger partial charge on any atom is -0.367 e. The van der Waals surface area contributed by atoms with Crippen LogP contribution in [0.4, 0.5) is 10.1 Å². The number of aromatic nitrogens is 2. The van der Waals surface area contributed by atoms with Gasteiger partial charge < -0.3 is 14.3 Å². The first-order valence-electron chi connectivity index (χ1n) is 12.9. The minimum atomic E-state index is -0.335. The summed E-state index contributed by atoms with van der Waals surface area (Å²) >= 11 is 0. The molecule has 1 aliphatic rings. The van der Waals surface area contributed by atoms with Crippen molar-refractivity contribution in [3.05, 3.63) is 65.8 Å². The van der Waals surface area contributed by atoms with Gasteiger partial charge in [0.2, 0.25) is 17.6 Å². The predicted molar refractivity (Wildman–Crippen MR) is 139 cm³/mol. The molecular formula is C28H36FN5O2. The summed E-state index contributed by atoms with van der Waals surface area (Å²) in [7, 11) is 0. The smallest absolute Gasteiger partial charge is 0.244 e. The largest absolute Gasteiger partial charge is 0.367 e. The third-order valence-electron chi connectivity index (χ3n) is 7.13. The van der Waals surface area contributed by atoms with Gasteiger partial charge in [-0.05, 0) is 44.0 Å². The molecular weight excluding hydrogens is 457 g/mol. The number of hydrogen-bond donors (Lipinski definition) is 0. The summed E-state index contributed by atoms with van der Waals surface area (Å²) in [4.78, 5) is 24.0. The molecule has 0 spiro atoms. The Morgan fingerprint density at radius 1 is 1.06 bits per heavy atom. The molecule has 1 amide bonds. The molecule has 1 aliphatic heterocycles. The van der Waals surface area contributed by atoms with E-state index >= 15 is 4.39 Å². The van der Waals surface area contributed by atoms with Gasteiger partial charge in [0.15, 0.2) is 0 Å². The Morgan fingerprint density at radius 3 is 2.36 bits per heavy atom. The number of likely N-dealkylation sites (N-methyl/N-ethyl adjacent to an activating group) is 1. The number of benzene rings is 2. The Balaban J connectivity index is 1.48.